The van der Waals surface area contributed by atoms with E-state index in [9.17, 15) is 5.21 Å². The monoisotopic (exact) mass is 162 g/mol. The van der Waals surface area contributed by atoms with Crippen LogP contribution in [0.1, 0.15) is 49.0 Å². The molecule has 0 amide bonds. The largest absolute Gasteiger partial charge is 0.218 e. The van der Waals surface area contributed by atoms with Gasteiger partial charge in [0.05, 0.1) is 0 Å². The van der Waals surface area contributed by atoms with Crippen molar-refractivity contribution < 1.29 is 10.3 Å². The lowest BCUT2D eigenvalue weighted by Gasteiger charge is -2.34. The van der Waals surface area contributed by atoms with Crippen molar-refractivity contribution >= 4 is 0 Å². The van der Waals surface area contributed by atoms with Crippen LogP contribution in [0.15, 0.2) is 0 Å². The third-order valence-electron chi connectivity index (χ3n) is 1.42. The Balaban J connectivity index is 0. The molecule has 0 spiro atoms. The van der Waals surface area contributed by atoms with Crippen LogP contribution < -0.4 is 5.06 Å². The highest BCUT2D eigenvalue weighted by Crippen LogP contribution is 2.00. The second-order valence-electron chi connectivity index (χ2n) is 4.85. The number of nitrogens with one attached hydrogen (secondary N) is 1. The van der Waals surface area contributed by atoms with Gasteiger partial charge >= 0.3 is 0 Å². The Bertz CT molecular complexity index is 93.7. The van der Waals surface area contributed by atoms with Crippen molar-refractivity contribution in [1.82, 2.24) is 0 Å². The van der Waals surface area contributed by atoms with Gasteiger partial charge < -0.3 is 0 Å². The van der Waals surface area contributed by atoms with Gasteiger partial charge in [0.1, 0.15) is 11.1 Å². The van der Waals surface area contributed by atoms with E-state index in [1.165, 1.54) is 0 Å². The Morgan fingerprint density at radius 2 is 1.00 bits per heavy atom. The van der Waals surface area contributed by atoms with E-state index >= 15 is 0 Å². The second kappa shape index (κ2) is 3.55. The molecule has 0 unspecified atom stereocenters. The summed E-state index contributed by atoms with van der Waals surface area (Å²) in [5, 5.41) is 10.2. The molecule has 0 fully saturated rings. The molecule has 2 N–H and O–H groups in total. The molecule has 0 aliphatic heterocycles. The topological polar surface area (TPSA) is 24.7 Å². The molecule has 0 rings (SSSR count). The average Bonchev–Trinajstić information content (AvgIpc) is 1.59. The molecule has 0 aliphatic carbocycles. The zero-order valence-corrected chi connectivity index (χ0v) is 7.95. The molecule has 0 aromatic carbocycles. The standard InChI is InChI=1S/C8H19NO.CH4/c1-7(2,3)9(10)8(4,5)6;/h10H,1-6H3;1H4/p+1. The van der Waals surface area contributed by atoms with Crippen LogP contribution in [0.5, 0.6) is 0 Å². The molecule has 0 aromatic rings. The molecular formula is C9H24NO+. The second-order valence-corrected chi connectivity index (χ2v) is 4.85. The average molecular weight is 162 g/mol. The molecular weight excluding hydrogens is 138 g/mol. The first-order chi connectivity index (χ1) is 4.15. The van der Waals surface area contributed by atoms with Crippen LogP contribution >= 0.6 is 0 Å². The molecule has 0 heterocycles. The van der Waals surface area contributed by atoms with E-state index in [0.717, 1.165) is 0 Å². The summed E-state index contributed by atoms with van der Waals surface area (Å²) in [6, 6.07) is 0. The lowest BCUT2D eigenvalue weighted by molar-refractivity contribution is -1.16. The van der Waals surface area contributed by atoms with Crippen molar-refractivity contribution in [3.63, 3.8) is 0 Å². The summed E-state index contributed by atoms with van der Waals surface area (Å²) in [6.07, 6.45) is 0. The maximum absolute atomic E-state index is 9.64. The fourth-order valence-corrected chi connectivity index (χ4v) is 1.12. The summed E-state index contributed by atoms with van der Waals surface area (Å²) in [6.45, 7) is 12.1. The quantitative estimate of drug-likeness (QED) is 0.518. The first kappa shape index (κ1) is 13.5. The van der Waals surface area contributed by atoms with Gasteiger partial charge in [-0.25, -0.2) is 5.21 Å². The van der Waals surface area contributed by atoms with Gasteiger partial charge in [0.25, 0.3) is 0 Å². The number of quaternary nitrogens is 1. The summed E-state index contributed by atoms with van der Waals surface area (Å²) >= 11 is 0. The summed E-state index contributed by atoms with van der Waals surface area (Å²) in [7, 11) is 0. The molecule has 70 valence electrons. The van der Waals surface area contributed by atoms with Crippen LogP contribution in [-0.4, -0.2) is 16.3 Å². The van der Waals surface area contributed by atoms with Gasteiger partial charge in [-0.1, -0.05) is 7.43 Å². The van der Waals surface area contributed by atoms with E-state index in [1.807, 2.05) is 41.5 Å². The maximum atomic E-state index is 9.64. The number of rotatable bonds is 0. The van der Waals surface area contributed by atoms with Gasteiger partial charge in [-0.3, -0.25) is 0 Å². The Hall–Kier alpha value is -0.0800. The van der Waals surface area contributed by atoms with Gasteiger partial charge in [-0.15, -0.1) is 0 Å². The minimum absolute atomic E-state index is 0. The van der Waals surface area contributed by atoms with Crippen molar-refractivity contribution in [1.29, 1.82) is 0 Å². The summed E-state index contributed by atoms with van der Waals surface area (Å²) in [5.74, 6) is 0. The van der Waals surface area contributed by atoms with Crippen LogP contribution in [-0.2, 0) is 0 Å². The van der Waals surface area contributed by atoms with Gasteiger partial charge in [0, 0.05) is 0 Å². The van der Waals surface area contributed by atoms with Crippen LogP contribution in [0.2, 0.25) is 0 Å². The molecule has 11 heavy (non-hydrogen) atoms. The molecule has 0 bridgehead atoms. The lowest BCUT2D eigenvalue weighted by Crippen LogP contribution is -3.23. The van der Waals surface area contributed by atoms with Crippen LogP contribution in [0.4, 0.5) is 0 Å². The van der Waals surface area contributed by atoms with Crippen LogP contribution in [0.3, 0.4) is 0 Å². The van der Waals surface area contributed by atoms with Crippen molar-refractivity contribution in [3.05, 3.63) is 0 Å². The predicted molar refractivity (Wildman–Crippen MR) is 49.0 cm³/mol. The van der Waals surface area contributed by atoms with Crippen LogP contribution in [0, 0.1) is 0 Å². The highest BCUT2D eigenvalue weighted by Gasteiger charge is 2.34. The zero-order chi connectivity index (χ0) is 8.58. The molecule has 0 saturated carbocycles. The summed E-state index contributed by atoms with van der Waals surface area (Å²) in [4.78, 5) is 0. The molecule has 0 aliphatic rings. The van der Waals surface area contributed by atoms with E-state index in [1.54, 1.807) is 0 Å². The van der Waals surface area contributed by atoms with Crippen LogP contribution in [0.25, 0.3) is 0 Å². The minimum atomic E-state index is -0.0851. The summed E-state index contributed by atoms with van der Waals surface area (Å²) < 4.78 is 0. The fraction of sp³-hybridized carbons (Fsp3) is 1.00. The Morgan fingerprint density at radius 3 is 1.00 bits per heavy atom. The summed E-state index contributed by atoms with van der Waals surface area (Å²) in [5.41, 5.74) is -0.170. The minimum Gasteiger partial charge on any atom is -0.218 e. The third kappa shape index (κ3) is 4.38. The van der Waals surface area contributed by atoms with E-state index in [-0.39, 0.29) is 18.5 Å². The smallest absolute Gasteiger partial charge is 0.119 e. The lowest BCUT2D eigenvalue weighted by atomic mass is 10.0. The normalized spacial score (nSPS) is 13.1. The Labute approximate surface area is 71.2 Å². The van der Waals surface area contributed by atoms with Gasteiger partial charge in [0.2, 0.25) is 0 Å². The van der Waals surface area contributed by atoms with E-state index in [2.05, 4.69) is 0 Å². The number of hydroxylamine groups is 2. The molecule has 0 aromatic heterocycles. The zero-order valence-electron chi connectivity index (χ0n) is 7.95. The number of hydrogen-bond acceptors (Lipinski definition) is 1. The molecule has 0 saturated heterocycles. The van der Waals surface area contributed by atoms with E-state index < -0.39 is 0 Å². The van der Waals surface area contributed by atoms with Gasteiger partial charge in [-0.05, 0) is 41.5 Å². The maximum Gasteiger partial charge on any atom is 0.119 e. The van der Waals surface area contributed by atoms with Gasteiger partial charge in [0.15, 0.2) is 0 Å². The van der Waals surface area contributed by atoms with E-state index in [0.29, 0.717) is 5.06 Å². The fourth-order valence-electron chi connectivity index (χ4n) is 1.12. The molecule has 2 nitrogen and oxygen atoms in total. The highest BCUT2D eigenvalue weighted by atomic mass is 16.5. The molecule has 0 radical (unpaired) electrons. The first-order valence-electron chi connectivity index (χ1n) is 3.72. The van der Waals surface area contributed by atoms with E-state index in [4.69, 9.17) is 0 Å². The Kier molecular flexibility index (Phi) is 4.35. The molecule has 2 heteroatoms. The first-order valence-corrected chi connectivity index (χ1v) is 3.72. The van der Waals surface area contributed by atoms with Crippen molar-refractivity contribution in [2.24, 2.45) is 0 Å². The SMILES string of the molecule is C.CC(C)(C)[NH+](O)C(C)(C)C. The predicted octanol–water partition coefficient (Wildman–Crippen LogP) is 1.49. The third-order valence-corrected chi connectivity index (χ3v) is 1.42. The Morgan fingerprint density at radius 1 is 0.818 bits per heavy atom. The number of hydrogen-bond donors (Lipinski definition) is 2. The highest BCUT2D eigenvalue weighted by molar-refractivity contribution is 4.62. The van der Waals surface area contributed by atoms with Crippen molar-refractivity contribution in [2.75, 3.05) is 0 Å². The van der Waals surface area contributed by atoms with Gasteiger partial charge in [-0.2, -0.15) is 5.06 Å². The van der Waals surface area contributed by atoms with Crippen molar-refractivity contribution in [3.8, 4) is 0 Å². The van der Waals surface area contributed by atoms with Crippen molar-refractivity contribution in [2.45, 2.75) is 60.0 Å². The molecule has 0 atom stereocenters.